The molecule has 0 spiro atoms. The summed E-state index contributed by atoms with van der Waals surface area (Å²) >= 11 is 13.4. The van der Waals surface area contributed by atoms with E-state index in [2.05, 4.69) is 42.9 Å². The van der Waals surface area contributed by atoms with Crippen LogP contribution < -0.4 is 9.47 Å². The number of hydrogen-bond acceptors (Lipinski definition) is 4. The molecule has 0 saturated carbocycles. The Morgan fingerprint density at radius 3 is 2.47 bits per heavy atom. The van der Waals surface area contributed by atoms with Crippen molar-refractivity contribution in [3.05, 3.63) is 91.3 Å². The Labute approximate surface area is 209 Å². The fraction of sp³-hybridized carbons (Fsp3) is 0.240. The molecule has 0 bridgehead atoms. The first-order valence-electron chi connectivity index (χ1n) is 10.4. The van der Waals surface area contributed by atoms with Gasteiger partial charge in [0.1, 0.15) is 11.5 Å². The summed E-state index contributed by atoms with van der Waals surface area (Å²) in [7, 11) is 0. The van der Waals surface area contributed by atoms with Gasteiger partial charge in [-0.05, 0) is 83.9 Å². The van der Waals surface area contributed by atoms with Crippen molar-refractivity contribution >= 4 is 49.2 Å². The van der Waals surface area contributed by atoms with Gasteiger partial charge in [0.2, 0.25) is 6.23 Å². The Balaban J connectivity index is 1.56. The van der Waals surface area contributed by atoms with E-state index in [9.17, 15) is 0 Å². The molecule has 2 aliphatic heterocycles. The van der Waals surface area contributed by atoms with Crippen LogP contribution in [0, 0.1) is 0 Å². The maximum absolute atomic E-state index is 6.53. The van der Waals surface area contributed by atoms with E-state index in [0.29, 0.717) is 5.02 Å². The summed E-state index contributed by atoms with van der Waals surface area (Å²) in [5, 5.41) is 7.81. The standard InChI is InChI=1S/C25H21Br2ClN2O2/c1-14(2)31-19-9-5-16(6-10-19)25-30-23(20-11-17(26)12-21(27)24(20)32-25)13-22(29-30)15-3-7-18(28)8-4-15/h3-12,14,23,25H,13H2,1-2H3/t23-,25+/m0/s1. The molecule has 7 heteroatoms. The topological polar surface area (TPSA) is 34.1 Å². The molecule has 3 aromatic rings. The Morgan fingerprint density at radius 1 is 1.06 bits per heavy atom. The molecule has 0 unspecified atom stereocenters. The molecule has 3 aromatic carbocycles. The first kappa shape index (κ1) is 21.8. The van der Waals surface area contributed by atoms with Gasteiger partial charge in [0.05, 0.1) is 22.3 Å². The van der Waals surface area contributed by atoms with Crippen molar-refractivity contribution in [1.82, 2.24) is 5.01 Å². The predicted octanol–water partition coefficient (Wildman–Crippen LogP) is 7.89. The minimum absolute atomic E-state index is 0.0646. The van der Waals surface area contributed by atoms with E-state index >= 15 is 0 Å². The van der Waals surface area contributed by atoms with Gasteiger partial charge in [0.25, 0.3) is 0 Å². The first-order chi connectivity index (χ1) is 15.4. The van der Waals surface area contributed by atoms with Gasteiger partial charge in [-0.3, -0.25) is 0 Å². The summed E-state index contributed by atoms with van der Waals surface area (Å²) in [6.45, 7) is 4.04. The van der Waals surface area contributed by atoms with Gasteiger partial charge >= 0.3 is 0 Å². The molecule has 5 rings (SSSR count). The zero-order valence-electron chi connectivity index (χ0n) is 17.6. The van der Waals surface area contributed by atoms with Gasteiger partial charge in [0.15, 0.2) is 0 Å². The number of ether oxygens (including phenoxy) is 2. The van der Waals surface area contributed by atoms with Crippen molar-refractivity contribution in [2.45, 2.75) is 38.6 Å². The van der Waals surface area contributed by atoms with E-state index in [1.165, 1.54) is 0 Å². The van der Waals surface area contributed by atoms with Gasteiger partial charge in [-0.1, -0.05) is 39.7 Å². The zero-order chi connectivity index (χ0) is 22.4. The molecule has 0 fully saturated rings. The second-order valence-electron chi connectivity index (χ2n) is 8.17. The van der Waals surface area contributed by atoms with Crippen molar-refractivity contribution in [2.75, 3.05) is 0 Å². The van der Waals surface area contributed by atoms with Gasteiger partial charge in [-0.2, -0.15) is 5.10 Å². The molecule has 0 aromatic heterocycles. The van der Waals surface area contributed by atoms with Crippen LogP contribution in [0.4, 0.5) is 0 Å². The Morgan fingerprint density at radius 2 is 1.78 bits per heavy atom. The molecule has 164 valence electrons. The monoisotopic (exact) mass is 574 g/mol. The number of benzene rings is 3. The van der Waals surface area contributed by atoms with E-state index in [1.54, 1.807) is 0 Å². The van der Waals surface area contributed by atoms with Crippen molar-refractivity contribution in [1.29, 1.82) is 0 Å². The largest absolute Gasteiger partial charge is 0.491 e. The Bertz CT molecular complexity index is 1180. The average molecular weight is 577 g/mol. The van der Waals surface area contributed by atoms with Crippen LogP contribution in [0.2, 0.25) is 5.02 Å². The van der Waals surface area contributed by atoms with E-state index in [1.807, 2.05) is 68.4 Å². The van der Waals surface area contributed by atoms with E-state index in [4.69, 9.17) is 26.2 Å². The second-order valence-corrected chi connectivity index (χ2v) is 10.4. The molecule has 0 amide bonds. The van der Waals surface area contributed by atoms with Crippen LogP contribution in [0.3, 0.4) is 0 Å². The van der Waals surface area contributed by atoms with Crippen molar-refractivity contribution in [2.24, 2.45) is 5.10 Å². The van der Waals surface area contributed by atoms with Gasteiger partial charge in [0, 0.05) is 27.0 Å². The third-order valence-corrected chi connectivity index (χ3v) is 6.82. The van der Waals surface area contributed by atoms with E-state index < -0.39 is 0 Å². The molecule has 2 heterocycles. The average Bonchev–Trinajstić information content (AvgIpc) is 3.20. The highest BCUT2D eigenvalue weighted by Gasteiger charge is 2.42. The zero-order valence-corrected chi connectivity index (χ0v) is 21.5. The van der Waals surface area contributed by atoms with Gasteiger partial charge in [-0.25, -0.2) is 5.01 Å². The summed E-state index contributed by atoms with van der Waals surface area (Å²) in [6, 6.07) is 20.1. The number of hydrogen-bond donors (Lipinski definition) is 0. The lowest BCUT2D eigenvalue weighted by Crippen LogP contribution is -2.33. The van der Waals surface area contributed by atoms with Crippen LogP contribution in [0.1, 0.15) is 49.2 Å². The summed E-state index contributed by atoms with van der Waals surface area (Å²) in [6.07, 6.45) is 0.566. The number of nitrogens with zero attached hydrogens (tertiary/aromatic N) is 2. The normalized spacial score (nSPS) is 19.3. The Hall–Kier alpha value is -2.02. The molecular formula is C25H21Br2ClN2O2. The summed E-state index contributed by atoms with van der Waals surface area (Å²) < 4.78 is 14.3. The van der Waals surface area contributed by atoms with Crippen molar-refractivity contribution in [3.63, 3.8) is 0 Å². The third-order valence-electron chi connectivity index (χ3n) is 5.52. The minimum atomic E-state index is -0.345. The molecule has 0 saturated heterocycles. The highest BCUT2D eigenvalue weighted by atomic mass is 79.9. The highest BCUT2D eigenvalue weighted by molar-refractivity contribution is 9.11. The molecule has 0 radical (unpaired) electrons. The summed E-state index contributed by atoms with van der Waals surface area (Å²) in [5.41, 5.74) is 4.21. The maximum atomic E-state index is 6.53. The van der Waals surface area contributed by atoms with Crippen LogP contribution in [0.15, 0.2) is 74.7 Å². The summed E-state index contributed by atoms with van der Waals surface area (Å²) in [5.74, 6) is 1.70. The first-order valence-corrected chi connectivity index (χ1v) is 12.4. The maximum Gasteiger partial charge on any atom is 0.213 e. The fourth-order valence-electron chi connectivity index (χ4n) is 4.13. The highest BCUT2D eigenvalue weighted by Crippen LogP contribution is 2.51. The lowest BCUT2D eigenvalue weighted by atomic mass is 9.96. The molecule has 0 N–H and O–H groups in total. The van der Waals surface area contributed by atoms with E-state index in [-0.39, 0.29) is 18.4 Å². The minimum Gasteiger partial charge on any atom is -0.491 e. The molecule has 32 heavy (non-hydrogen) atoms. The van der Waals surface area contributed by atoms with Crippen LogP contribution >= 0.6 is 43.5 Å². The van der Waals surface area contributed by atoms with Crippen LogP contribution in [0.25, 0.3) is 0 Å². The number of halogens is 3. The molecular weight excluding hydrogens is 556 g/mol. The number of fused-ring (bicyclic) bond motifs is 3. The molecule has 4 nitrogen and oxygen atoms in total. The van der Waals surface area contributed by atoms with Crippen molar-refractivity contribution < 1.29 is 9.47 Å². The smallest absolute Gasteiger partial charge is 0.213 e. The summed E-state index contributed by atoms with van der Waals surface area (Å²) in [4.78, 5) is 0. The number of rotatable bonds is 4. The van der Waals surface area contributed by atoms with E-state index in [0.717, 1.165) is 49.3 Å². The fourth-order valence-corrected chi connectivity index (χ4v) is 5.61. The predicted molar refractivity (Wildman–Crippen MR) is 135 cm³/mol. The van der Waals surface area contributed by atoms with Crippen LogP contribution in [-0.4, -0.2) is 16.8 Å². The Kier molecular flexibility index (Phi) is 5.95. The van der Waals surface area contributed by atoms with Crippen LogP contribution in [-0.2, 0) is 0 Å². The number of hydrazone groups is 1. The SMILES string of the molecule is CC(C)Oc1ccc([C@H]2Oc3c(Br)cc(Br)cc3[C@@H]3CC(c4ccc(Cl)cc4)=NN23)cc1. The molecule has 2 atom stereocenters. The third kappa shape index (κ3) is 4.16. The quantitative estimate of drug-likeness (QED) is 0.317. The second kappa shape index (κ2) is 8.73. The molecule has 0 aliphatic carbocycles. The van der Waals surface area contributed by atoms with Crippen molar-refractivity contribution in [3.8, 4) is 11.5 Å². The lowest BCUT2D eigenvalue weighted by Gasteiger charge is -2.38. The lowest BCUT2D eigenvalue weighted by molar-refractivity contribution is -0.0197. The molecule has 2 aliphatic rings. The van der Waals surface area contributed by atoms with Gasteiger partial charge < -0.3 is 9.47 Å². The van der Waals surface area contributed by atoms with Gasteiger partial charge in [-0.15, -0.1) is 0 Å². The van der Waals surface area contributed by atoms with Crippen LogP contribution in [0.5, 0.6) is 11.5 Å².